The number of ether oxygens (including phenoxy) is 1. The van der Waals surface area contributed by atoms with Crippen LogP contribution in [0.4, 0.5) is 0 Å². The molecule has 0 N–H and O–H groups in total. The first kappa shape index (κ1) is 23.5. The van der Waals surface area contributed by atoms with Crippen molar-refractivity contribution in [3.05, 3.63) is 35.4 Å². The molecule has 2 fully saturated rings. The maximum atomic E-state index is 13.2. The monoisotopic (exact) mass is 433 g/mol. The highest BCUT2D eigenvalue weighted by molar-refractivity contribution is 7.84. The minimum absolute atomic E-state index is 0.0417. The Morgan fingerprint density at radius 2 is 1.70 bits per heavy atom. The Hall–Kier alpha value is -1.20. The molecule has 1 aromatic carbocycles. The summed E-state index contributed by atoms with van der Waals surface area (Å²) in [4.78, 5) is 14.8. The van der Waals surface area contributed by atoms with Gasteiger partial charge in [0.1, 0.15) is 6.10 Å². The molecule has 1 heterocycles. The zero-order valence-corrected chi connectivity index (χ0v) is 19.8. The van der Waals surface area contributed by atoms with Crippen LogP contribution in [0.25, 0.3) is 0 Å². The van der Waals surface area contributed by atoms with Gasteiger partial charge in [-0.05, 0) is 61.7 Å². The number of carbonyl (C=O) groups is 1. The number of likely N-dealkylation sites (tertiary alicyclic amines) is 1. The Balaban J connectivity index is 1.52. The van der Waals surface area contributed by atoms with E-state index < -0.39 is 10.8 Å². The van der Waals surface area contributed by atoms with Crippen LogP contribution in [0.5, 0.6) is 0 Å². The molecule has 0 radical (unpaired) electrons. The normalized spacial score (nSPS) is 24.4. The van der Waals surface area contributed by atoms with Crippen molar-refractivity contribution in [2.45, 2.75) is 94.7 Å². The summed E-state index contributed by atoms with van der Waals surface area (Å²) in [5.41, 5.74) is 2.51. The van der Waals surface area contributed by atoms with E-state index in [2.05, 4.69) is 49.9 Å². The molecule has 5 heteroatoms. The lowest BCUT2D eigenvalue weighted by atomic mass is 9.87. The smallest absolute Gasteiger partial charge is 0.307 e. The van der Waals surface area contributed by atoms with Crippen molar-refractivity contribution in [2.75, 3.05) is 19.6 Å². The van der Waals surface area contributed by atoms with Crippen molar-refractivity contribution in [3.8, 4) is 0 Å². The Morgan fingerprint density at radius 3 is 2.37 bits per heavy atom. The molecule has 3 rings (SSSR count). The highest BCUT2D eigenvalue weighted by Gasteiger charge is 2.33. The van der Waals surface area contributed by atoms with Crippen LogP contribution in [0.3, 0.4) is 0 Å². The Labute approximate surface area is 185 Å². The first-order valence-electron chi connectivity index (χ1n) is 11.7. The predicted molar refractivity (Wildman–Crippen MR) is 124 cm³/mol. The van der Waals surface area contributed by atoms with Crippen molar-refractivity contribution in [1.82, 2.24) is 4.90 Å². The quantitative estimate of drug-likeness (QED) is 0.570. The Kier molecular flexibility index (Phi) is 8.52. The first-order chi connectivity index (χ1) is 14.3. The molecule has 0 unspecified atom stereocenters. The highest BCUT2D eigenvalue weighted by atomic mass is 32.2. The molecule has 1 aromatic rings. The van der Waals surface area contributed by atoms with E-state index >= 15 is 0 Å². The summed E-state index contributed by atoms with van der Waals surface area (Å²) in [7, 11) is -1.03. The van der Waals surface area contributed by atoms with Crippen LogP contribution < -0.4 is 0 Å². The zero-order valence-electron chi connectivity index (χ0n) is 19.0. The van der Waals surface area contributed by atoms with Gasteiger partial charge in [-0.15, -0.1) is 0 Å². The SMILES string of the molecule is CC(C)(C)c1ccc(C[S@](=O)[C@H]2CCCC[C@@H]2OC(=O)CCN2CCCCC2)cc1. The molecule has 0 bridgehead atoms. The van der Waals surface area contributed by atoms with Gasteiger partial charge in [0.15, 0.2) is 0 Å². The maximum Gasteiger partial charge on any atom is 0.307 e. The van der Waals surface area contributed by atoms with Gasteiger partial charge in [0.25, 0.3) is 0 Å². The zero-order chi connectivity index (χ0) is 21.6. The van der Waals surface area contributed by atoms with Crippen LogP contribution in [0.2, 0.25) is 0 Å². The molecule has 1 aliphatic carbocycles. The summed E-state index contributed by atoms with van der Waals surface area (Å²) in [6.07, 6.45) is 7.87. The van der Waals surface area contributed by atoms with Gasteiger partial charge in [0.05, 0.1) is 11.7 Å². The van der Waals surface area contributed by atoms with Gasteiger partial charge < -0.3 is 9.64 Å². The van der Waals surface area contributed by atoms with Crippen LogP contribution in [0.15, 0.2) is 24.3 Å². The number of esters is 1. The second-order valence-electron chi connectivity index (χ2n) is 9.98. The van der Waals surface area contributed by atoms with Gasteiger partial charge in [-0.1, -0.05) is 57.9 Å². The van der Waals surface area contributed by atoms with Gasteiger partial charge in [-0.2, -0.15) is 0 Å². The summed E-state index contributed by atoms with van der Waals surface area (Å²) in [6, 6.07) is 8.49. The van der Waals surface area contributed by atoms with Crippen LogP contribution >= 0.6 is 0 Å². The van der Waals surface area contributed by atoms with Crippen molar-refractivity contribution >= 4 is 16.8 Å². The lowest BCUT2D eigenvalue weighted by Gasteiger charge is -2.31. The third kappa shape index (κ3) is 6.91. The number of hydrogen-bond acceptors (Lipinski definition) is 4. The molecule has 168 valence electrons. The largest absolute Gasteiger partial charge is 0.461 e. The molecule has 1 saturated heterocycles. The molecule has 3 atom stereocenters. The van der Waals surface area contributed by atoms with E-state index in [-0.39, 0.29) is 22.7 Å². The van der Waals surface area contributed by atoms with E-state index in [0.29, 0.717) is 12.2 Å². The van der Waals surface area contributed by atoms with Gasteiger partial charge in [-0.25, -0.2) is 0 Å². The third-order valence-electron chi connectivity index (χ3n) is 6.47. The lowest BCUT2D eigenvalue weighted by Crippen LogP contribution is -2.39. The number of hydrogen-bond donors (Lipinski definition) is 0. The molecule has 30 heavy (non-hydrogen) atoms. The molecule has 0 spiro atoms. The van der Waals surface area contributed by atoms with E-state index in [0.717, 1.165) is 50.9 Å². The minimum atomic E-state index is -1.03. The van der Waals surface area contributed by atoms with Crippen molar-refractivity contribution in [2.24, 2.45) is 0 Å². The number of carbonyl (C=O) groups excluding carboxylic acids is 1. The summed E-state index contributed by atoms with van der Waals surface area (Å²) in [5, 5.41) is -0.0417. The fourth-order valence-electron chi connectivity index (χ4n) is 4.53. The number of nitrogens with zero attached hydrogens (tertiary/aromatic N) is 1. The lowest BCUT2D eigenvalue weighted by molar-refractivity contribution is -0.150. The second kappa shape index (κ2) is 10.9. The first-order valence-corrected chi connectivity index (χ1v) is 13.1. The van der Waals surface area contributed by atoms with Gasteiger partial charge in [-0.3, -0.25) is 9.00 Å². The standard InChI is InChI=1S/C25H39NO3S/c1-25(2,3)21-13-11-20(12-14-21)19-30(28)23-10-6-5-9-22(23)29-24(27)15-18-26-16-7-4-8-17-26/h11-14,22-23H,4-10,15-19H2,1-3H3/t22-,23-,30-/m0/s1. The maximum absolute atomic E-state index is 13.2. The van der Waals surface area contributed by atoms with Crippen LogP contribution in [0, 0.1) is 0 Å². The Morgan fingerprint density at radius 1 is 1.03 bits per heavy atom. The van der Waals surface area contributed by atoms with E-state index in [1.807, 2.05) is 0 Å². The van der Waals surface area contributed by atoms with Crippen LogP contribution in [-0.4, -0.2) is 46.1 Å². The van der Waals surface area contributed by atoms with Gasteiger partial charge >= 0.3 is 5.97 Å². The number of benzene rings is 1. The molecule has 2 aliphatic rings. The number of rotatable bonds is 7. The molecule has 0 aromatic heterocycles. The Bertz CT molecular complexity index is 704. The summed E-state index contributed by atoms with van der Waals surface area (Å²) >= 11 is 0. The van der Waals surface area contributed by atoms with E-state index in [1.54, 1.807) is 0 Å². The fraction of sp³-hybridized carbons (Fsp3) is 0.720. The average Bonchev–Trinajstić information content (AvgIpc) is 2.73. The van der Waals surface area contributed by atoms with Crippen molar-refractivity contribution in [3.63, 3.8) is 0 Å². The van der Waals surface area contributed by atoms with Crippen molar-refractivity contribution in [1.29, 1.82) is 0 Å². The molecule has 1 saturated carbocycles. The predicted octanol–water partition coefficient (Wildman–Crippen LogP) is 4.96. The summed E-state index contributed by atoms with van der Waals surface area (Å²) < 4.78 is 19.0. The van der Waals surface area contributed by atoms with Crippen LogP contribution in [0.1, 0.15) is 83.3 Å². The molecule has 4 nitrogen and oxygen atoms in total. The van der Waals surface area contributed by atoms with E-state index in [4.69, 9.17) is 4.74 Å². The minimum Gasteiger partial charge on any atom is -0.461 e. The molecular weight excluding hydrogens is 394 g/mol. The summed E-state index contributed by atoms with van der Waals surface area (Å²) in [5.74, 6) is 0.417. The molecule has 0 amide bonds. The van der Waals surface area contributed by atoms with Gasteiger partial charge in [0, 0.05) is 23.1 Å². The average molecular weight is 434 g/mol. The highest BCUT2D eigenvalue weighted by Crippen LogP contribution is 2.28. The van der Waals surface area contributed by atoms with Crippen LogP contribution in [-0.2, 0) is 31.5 Å². The third-order valence-corrected chi connectivity index (χ3v) is 8.30. The van der Waals surface area contributed by atoms with Crippen molar-refractivity contribution < 1.29 is 13.7 Å². The molecule has 1 aliphatic heterocycles. The van der Waals surface area contributed by atoms with E-state index in [9.17, 15) is 9.00 Å². The second-order valence-corrected chi connectivity index (χ2v) is 11.6. The fourth-order valence-corrected chi connectivity index (χ4v) is 6.23. The summed E-state index contributed by atoms with van der Waals surface area (Å²) in [6.45, 7) is 9.58. The van der Waals surface area contributed by atoms with Gasteiger partial charge in [0.2, 0.25) is 0 Å². The molecular formula is C25H39NO3S. The topological polar surface area (TPSA) is 46.6 Å². The number of piperidine rings is 1. The van der Waals surface area contributed by atoms with E-state index in [1.165, 1.54) is 24.8 Å².